The molecule has 0 saturated heterocycles. The maximum absolute atomic E-state index is 13.2. The molecule has 0 aliphatic carbocycles. The first-order valence-electron chi connectivity index (χ1n) is 25.5. The monoisotopic (exact) mass is 884 g/mol. The average Bonchev–Trinajstić information content (AvgIpc) is 3.29. The highest BCUT2D eigenvalue weighted by Gasteiger charge is 2.23. The number of hydrogen-bond acceptors (Lipinski definition) is 5. The lowest BCUT2D eigenvalue weighted by Gasteiger charge is -2.23. The smallest absolute Gasteiger partial charge is 0.306 e. The molecule has 0 aromatic carbocycles. The first kappa shape index (κ1) is 60.0. The molecule has 0 aromatic heterocycles. The number of ether oxygens (including phenoxy) is 1. The van der Waals surface area contributed by atoms with Gasteiger partial charge in [-0.3, -0.25) is 9.59 Å². The summed E-state index contributed by atoms with van der Waals surface area (Å²) in [5, 5.41) is 23.6. The number of nitrogens with one attached hydrogen (secondary N) is 1. The predicted molar refractivity (Wildman–Crippen MR) is 277 cm³/mol. The molecule has 0 heterocycles. The summed E-state index contributed by atoms with van der Waals surface area (Å²) in [7, 11) is 0. The highest BCUT2D eigenvalue weighted by atomic mass is 16.5. The Kier molecular flexibility index (Phi) is 46.9. The van der Waals surface area contributed by atoms with E-state index in [2.05, 4.69) is 111 Å². The third-order valence-corrected chi connectivity index (χ3v) is 10.6. The minimum atomic E-state index is -0.833. The Morgan fingerprint density at radius 3 is 1.47 bits per heavy atom. The van der Waals surface area contributed by atoms with Gasteiger partial charge in [0.2, 0.25) is 5.91 Å². The van der Waals surface area contributed by atoms with Crippen LogP contribution in [0.4, 0.5) is 0 Å². The zero-order valence-electron chi connectivity index (χ0n) is 40.9. The van der Waals surface area contributed by atoms with Crippen LogP contribution in [0.15, 0.2) is 134 Å². The minimum absolute atomic E-state index is 0.0673. The van der Waals surface area contributed by atoms with E-state index in [1.54, 1.807) is 6.08 Å². The van der Waals surface area contributed by atoms with Crippen LogP contribution < -0.4 is 5.32 Å². The van der Waals surface area contributed by atoms with Crippen LogP contribution in [0.3, 0.4) is 0 Å². The molecule has 3 atom stereocenters. The number of esters is 1. The normalized spacial score (nSPS) is 14.4. The van der Waals surface area contributed by atoms with Gasteiger partial charge in [0, 0.05) is 6.42 Å². The summed E-state index contributed by atoms with van der Waals surface area (Å²) >= 11 is 0. The van der Waals surface area contributed by atoms with E-state index in [4.69, 9.17) is 4.74 Å². The molecule has 64 heavy (non-hydrogen) atoms. The molecule has 3 unspecified atom stereocenters. The van der Waals surface area contributed by atoms with E-state index in [9.17, 15) is 19.8 Å². The number of rotatable bonds is 43. The average molecular weight is 884 g/mol. The highest BCUT2D eigenvalue weighted by Crippen LogP contribution is 2.15. The Hall–Kier alpha value is -4.00. The lowest BCUT2D eigenvalue weighted by Crippen LogP contribution is -2.46. The molecule has 0 saturated carbocycles. The molecule has 6 nitrogen and oxygen atoms in total. The molecule has 360 valence electrons. The largest absolute Gasteiger partial charge is 0.458 e. The number of carbonyl (C=O) groups is 2. The Morgan fingerprint density at radius 1 is 0.500 bits per heavy atom. The van der Waals surface area contributed by atoms with Crippen LogP contribution in [-0.4, -0.2) is 46.9 Å². The quantitative estimate of drug-likeness (QED) is 0.0245. The summed E-state index contributed by atoms with van der Waals surface area (Å²) in [6.45, 7) is 6.21. The van der Waals surface area contributed by atoms with E-state index >= 15 is 0 Å². The fourth-order valence-corrected chi connectivity index (χ4v) is 6.75. The van der Waals surface area contributed by atoms with Gasteiger partial charge in [0.1, 0.15) is 6.10 Å². The van der Waals surface area contributed by atoms with Gasteiger partial charge in [0.15, 0.2) is 0 Å². The number of unbranched alkanes of at least 4 members (excludes halogenated alkanes) is 15. The van der Waals surface area contributed by atoms with Crippen molar-refractivity contribution in [2.45, 2.75) is 212 Å². The van der Waals surface area contributed by atoms with Crippen molar-refractivity contribution in [3.05, 3.63) is 134 Å². The molecule has 3 N–H and O–H groups in total. The second-order valence-corrected chi connectivity index (χ2v) is 16.6. The summed E-state index contributed by atoms with van der Waals surface area (Å²) < 4.78 is 5.81. The van der Waals surface area contributed by atoms with Gasteiger partial charge in [-0.1, -0.05) is 238 Å². The standard InChI is InChI=1S/C58H93NO5/c1-4-7-10-13-16-19-22-24-26-28-30-32-34-36-39-42-45-48-51-58(63)64-54(49-46-43-40-37-35-33-31-29-27-25-23-20-17-14-11-8-5-2)52-57(62)59-55(53-60)56(61)50-47-44-41-38-21-18-15-12-9-6-3/h8,10-11,13,16-17,19-20,22,24-28,30-33,37,40,46,49,54-56,60-61H,4-7,9,12,14-15,18,21,23,29,34-36,38-39,41-45,47-48,50-53H2,1-3H3,(H,59,62)/b11-8-,13-10+,19-16+,20-17-,24-22+,27-25-,28-26+,32-30+,33-31-,40-37-,49-46-. The Balaban J connectivity index is 4.86. The van der Waals surface area contributed by atoms with Gasteiger partial charge in [0.05, 0.1) is 25.2 Å². The van der Waals surface area contributed by atoms with Gasteiger partial charge in [-0.05, 0) is 76.7 Å². The molecule has 0 spiro atoms. The molecular weight excluding hydrogens is 791 g/mol. The van der Waals surface area contributed by atoms with Crippen LogP contribution in [0, 0.1) is 0 Å². The summed E-state index contributed by atoms with van der Waals surface area (Å²) in [5.74, 6) is -0.674. The van der Waals surface area contributed by atoms with E-state index < -0.39 is 18.2 Å². The summed E-state index contributed by atoms with van der Waals surface area (Å²) in [6.07, 6.45) is 71.0. The highest BCUT2D eigenvalue weighted by molar-refractivity contribution is 5.78. The van der Waals surface area contributed by atoms with E-state index in [0.717, 1.165) is 96.3 Å². The zero-order valence-corrected chi connectivity index (χ0v) is 40.9. The second kappa shape index (κ2) is 50.0. The molecule has 0 rings (SSSR count). The summed E-state index contributed by atoms with van der Waals surface area (Å²) in [5.41, 5.74) is 0. The third kappa shape index (κ3) is 44.6. The second-order valence-electron chi connectivity index (χ2n) is 16.6. The van der Waals surface area contributed by atoms with Gasteiger partial charge in [-0.25, -0.2) is 0 Å². The van der Waals surface area contributed by atoms with Crippen LogP contribution in [-0.2, 0) is 14.3 Å². The van der Waals surface area contributed by atoms with E-state index in [0.29, 0.717) is 19.3 Å². The van der Waals surface area contributed by atoms with Gasteiger partial charge < -0.3 is 20.3 Å². The van der Waals surface area contributed by atoms with Crippen molar-refractivity contribution in [1.29, 1.82) is 0 Å². The Bertz CT molecular complexity index is 1410. The SMILES string of the molecule is CC/C=C\C/C=C\C/C=C\C/C=C\C/C=C\C/C=C\C(CC(=O)NC(CO)C(O)CCCCCCCCCCCC)OC(=O)CCCCCCC/C=C/C=C/C=C/C=C/C=C/CCC. The van der Waals surface area contributed by atoms with Gasteiger partial charge in [-0.15, -0.1) is 0 Å². The van der Waals surface area contributed by atoms with E-state index in [-0.39, 0.29) is 24.9 Å². The fraction of sp³-hybridized carbons (Fsp3) is 0.586. The molecule has 0 bridgehead atoms. The molecule has 0 aliphatic rings. The topological polar surface area (TPSA) is 95.9 Å². The number of hydrogen-bond donors (Lipinski definition) is 3. The van der Waals surface area contributed by atoms with Crippen molar-refractivity contribution in [2.75, 3.05) is 6.61 Å². The first-order chi connectivity index (χ1) is 31.5. The van der Waals surface area contributed by atoms with Crippen molar-refractivity contribution in [2.24, 2.45) is 0 Å². The third-order valence-electron chi connectivity index (χ3n) is 10.6. The van der Waals surface area contributed by atoms with Crippen LogP contribution in [0.25, 0.3) is 0 Å². The fourth-order valence-electron chi connectivity index (χ4n) is 6.75. The van der Waals surface area contributed by atoms with Crippen LogP contribution in [0.1, 0.15) is 194 Å². The van der Waals surface area contributed by atoms with Gasteiger partial charge in [-0.2, -0.15) is 0 Å². The lowest BCUT2D eigenvalue weighted by atomic mass is 10.0. The maximum atomic E-state index is 13.2. The van der Waals surface area contributed by atoms with Crippen molar-refractivity contribution in [1.82, 2.24) is 5.32 Å². The number of aliphatic hydroxyl groups excluding tert-OH is 2. The van der Waals surface area contributed by atoms with Gasteiger partial charge >= 0.3 is 5.97 Å². The Labute approximate surface area is 393 Å². The summed E-state index contributed by atoms with van der Waals surface area (Å²) in [6, 6.07) is -0.757. The number of carbonyl (C=O) groups excluding carboxylic acids is 2. The summed E-state index contributed by atoms with van der Waals surface area (Å²) in [4.78, 5) is 26.1. The van der Waals surface area contributed by atoms with Crippen LogP contribution in [0.5, 0.6) is 0 Å². The molecule has 0 aliphatic heterocycles. The molecular formula is C58H93NO5. The lowest BCUT2D eigenvalue weighted by molar-refractivity contribution is -0.148. The number of amides is 1. The number of aliphatic hydroxyl groups is 2. The number of allylic oxidation sites excluding steroid dienone is 21. The minimum Gasteiger partial charge on any atom is -0.458 e. The predicted octanol–water partition coefficient (Wildman–Crippen LogP) is 15.4. The first-order valence-corrected chi connectivity index (χ1v) is 25.5. The molecule has 6 heteroatoms. The van der Waals surface area contributed by atoms with Crippen molar-refractivity contribution >= 4 is 11.9 Å². The molecule has 1 amide bonds. The van der Waals surface area contributed by atoms with Crippen molar-refractivity contribution in [3.8, 4) is 0 Å². The maximum Gasteiger partial charge on any atom is 0.306 e. The molecule has 0 fully saturated rings. The van der Waals surface area contributed by atoms with E-state index in [1.807, 2.05) is 42.5 Å². The zero-order chi connectivity index (χ0) is 46.7. The van der Waals surface area contributed by atoms with Gasteiger partial charge in [0.25, 0.3) is 0 Å². The van der Waals surface area contributed by atoms with Crippen LogP contribution in [0.2, 0.25) is 0 Å². The molecule has 0 radical (unpaired) electrons. The Morgan fingerprint density at radius 2 is 0.953 bits per heavy atom. The van der Waals surface area contributed by atoms with Crippen LogP contribution >= 0.6 is 0 Å². The van der Waals surface area contributed by atoms with E-state index in [1.165, 1.54) is 51.4 Å². The molecule has 0 aromatic rings. The van der Waals surface area contributed by atoms with Crippen molar-refractivity contribution in [3.63, 3.8) is 0 Å². The van der Waals surface area contributed by atoms with Crippen molar-refractivity contribution < 1.29 is 24.5 Å².